The summed E-state index contributed by atoms with van der Waals surface area (Å²) >= 11 is 0. The Hall–Kier alpha value is -3.75. The highest BCUT2D eigenvalue weighted by atomic mass is 19.1. The van der Waals surface area contributed by atoms with Crippen LogP contribution >= 0.6 is 0 Å². The van der Waals surface area contributed by atoms with Gasteiger partial charge in [-0.3, -0.25) is 19.6 Å². The molecule has 9 heteroatoms. The van der Waals surface area contributed by atoms with Gasteiger partial charge in [-0.2, -0.15) is 0 Å². The highest BCUT2D eigenvalue weighted by Crippen LogP contribution is 2.23. The van der Waals surface area contributed by atoms with Crippen molar-refractivity contribution in [3.8, 4) is 11.3 Å². The summed E-state index contributed by atoms with van der Waals surface area (Å²) in [6.45, 7) is 1.83. The Labute approximate surface area is 152 Å². The molecule has 3 aromatic rings. The maximum Gasteiger partial charge on any atom is 0.262 e. The van der Waals surface area contributed by atoms with Gasteiger partial charge in [0.25, 0.3) is 5.91 Å². The minimum Gasteiger partial charge on any atom is -0.366 e. The molecular formula is C18H13F2N5O2. The number of rotatable bonds is 4. The number of anilines is 1. The standard InChI is InChI=1S/C18H13F2N5O2/c1-9-2-3-10(17(21)26)4-11(9)14-7-24-15(8-23-14)25-18(27)16-12(19)5-22-6-13(16)20/h2-8H,1H3,(H2,21,26)(H,24,25,27). The van der Waals surface area contributed by atoms with Gasteiger partial charge in [0, 0.05) is 11.1 Å². The molecule has 136 valence electrons. The molecule has 0 aliphatic carbocycles. The molecule has 0 saturated carbocycles. The van der Waals surface area contributed by atoms with Gasteiger partial charge in [-0.25, -0.2) is 13.8 Å². The van der Waals surface area contributed by atoms with Crippen molar-refractivity contribution in [1.29, 1.82) is 0 Å². The van der Waals surface area contributed by atoms with Crippen LogP contribution in [0.2, 0.25) is 0 Å². The van der Waals surface area contributed by atoms with Gasteiger partial charge >= 0.3 is 0 Å². The van der Waals surface area contributed by atoms with E-state index in [0.717, 1.165) is 18.0 Å². The second-order valence-corrected chi connectivity index (χ2v) is 5.61. The van der Waals surface area contributed by atoms with E-state index in [-0.39, 0.29) is 5.82 Å². The molecule has 0 aliphatic heterocycles. The van der Waals surface area contributed by atoms with Crippen LogP contribution in [-0.2, 0) is 0 Å². The van der Waals surface area contributed by atoms with Crippen molar-refractivity contribution in [2.45, 2.75) is 6.92 Å². The van der Waals surface area contributed by atoms with E-state index in [9.17, 15) is 18.4 Å². The van der Waals surface area contributed by atoms with Crippen LogP contribution in [0.15, 0.2) is 43.0 Å². The molecule has 3 N–H and O–H groups in total. The van der Waals surface area contributed by atoms with Crippen LogP contribution in [0, 0.1) is 18.6 Å². The summed E-state index contributed by atoms with van der Waals surface area (Å²) in [4.78, 5) is 34.9. The number of aromatic nitrogens is 3. The Kier molecular flexibility index (Phi) is 4.84. The summed E-state index contributed by atoms with van der Waals surface area (Å²) in [6.07, 6.45) is 4.07. The second-order valence-electron chi connectivity index (χ2n) is 5.61. The van der Waals surface area contributed by atoms with Gasteiger partial charge < -0.3 is 11.1 Å². The van der Waals surface area contributed by atoms with Crippen molar-refractivity contribution in [3.05, 3.63) is 71.3 Å². The number of benzene rings is 1. The summed E-state index contributed by atoms with van der Waals surface area (Å²) in [5, 5.41) is 2.27. The van der Waals surface area contributed by atoms with E-state index in [1.165, 1.54) is 12.4 Å². The average Bonchev–Trinajstić information content (AvgIpc) is 2.62. The van der Waals surface area contributed by atoms with Crippen molar-refractivity contribution in [2.24, 2.45) is 5.73 Å². The lowest BCUT2D eigenvalue weighted by Crippen LogP contribution is -2.17. The first kappa shape index (κ1) is 18.1. The van der Waals surface area contributed by atoms with Gasteiger partial charge in [0.2, 0.25) is 5.91 Å². The zero-order valence-electron chi connectivity index (χ0n) is 14.0. The third kappa shape index (κ3) is 3.76. The molecule has 2 aromatic heterocycles. The van der Waals surface area contributed by atoms with E-state index in [2.05, 4.69) is 20.3 Å². The number of aryl methyl sites for hydroxylation is 1. The fourth-order valence-electron chi connectivity index (χ4n) is 2.39. The molecule has 27 heavy (non-hydrogen) atoms. The van der Waals surface area contributed by atoms with E-state index in [0.29, 0.717) is 16.8 Å². The van der Waals surface area contributed by atoms with Gasteiger partial charge in [0.05, 0.1) is 30.5 Å². The zero-order chi connectivity index (χ0) is 19.6. The van der Waals surface area contributed by atoms with Crippen molar-refractivity contribution >= 4 is 17.6 Å². The minimum atomic E-state index is -1.09. The quantitative estimate of drug-likeness (QED) is 0.734. The molecule has 2 amide bonds. The van der Waals surface area contributed by atoms with Crippen LogP contribution in [0.25, 0.3) is 11.3 Å². The molecule has 7 nitrogen and oxygen atoms in total. The molecule has 2 heterocycles. The molecule has 3 rings (SSSR count). The molecule has 0 fully saturated rings. The molecule has 0 aliphatic rings. The Bertz CT molecular complexity index is 1020. The number of nitrogens with one attached hydrogen (secondary N) is 1. The summed E-state index contributed by atoms with van der Waals surface area (Å²) in [6, 6.07) is 4.91. The second kappa shape index (κ2) is 7.24. The Morgan fingerprint density at radius 2 is 1.74 bits per heavy atom. The van der Waals surface area contributed by atoms with Gasteiger partial charge in [-0.1, -0.05) is 6.07 Å². The minimum absolute atomic E-state index is 0.00284. The van der Waals surface area contributed by atoms with Crippen LogP contribution in [0.4, 0.5) is 14.6 Å². The van der Waals surface area contributed by atoms with E-state index in [1.54, 1.807) is 18.2 Å². The number of nitrogens with zero attached hydrogens (tertiary/aromatic N) is 3. The van der Waals surface area contributed by atoms with Crippen LogP contribution in [0.1, 0.15) is 26.3 Å². The Morgan fingerprint density at radius 1 is 1.04 bits per heavy atom. The average molecular weight is 369 g/mol. The van der Waals surface area contributed by atoms with Gasteiger partial charge in [-0.05, 0) is 24.6 Å². The van der Waals surface area contributed by atoms with Crippen molar-refractivity contribution in [1.82, 2.24) is 15.0 Å². The topological polar surface area (TPSA) is 111 Å². The maximum absolute atomic E-state index is 13.6. The van der Waals surface area contributed by atoms with E-state index in [1.807, 2.05) is 6.92 Å². The number of amides is 2. The van der Waals surface area contributed by atoms with E-state index in [4.69, 9.17) is 5.73 Å². The normalized spacial score (nSPS) is 10.5. The number of carbonyl (C=O) groups is 2. The summed E-state index contributed by atoms with van der Waals surface area (Å²) < 4.78 is 27.2. The molecule has 0 spiro atoms. The number of carbonyl (C=O) groups excluding carboxylic acids is 2. The lowest BCUT2D eigenvalue weighted by atomic mass is 10.0. The van der Waals surface area contributed by atoms with Crippen LogP contribution in [0.3, 0.4) is 0 Å². The monoisotopic (exact) mass is 369 g/mol. The summed E-state index contributed by atoms with van der Waals surface area (Å²) in [7, 11) is 0. The van der Waals surface area contributed by atoms with E-state index >= 15 is 0 Å². The Morgan fingerprint density at radius 3 is 2.33 bits per heavy atom. The SMILES string of the molecule is Cc1ccc(C(N)=O)cc1-c1cnc(NC(=O)c2c(F)cncc2F)cn1. The predicted octanol–water partition coefficient (Wildman–Crippen LogP) is 2.48. The summed E-state index contributed by atoms with van der Waals surface area (Å²) in [5.74, 6) is -3.76. The van der Waals surface area contributed by atoms with Crippen molar-refractivity contribution < 1.29 is 18.4 Å². The molecular weight excluding hydrogens is 356 g/mol. The smallest absolute Gasteiger partial charge is 0.262 e. The number of hydrogen-bond donors (Lipinski definition) is 2. The highest BCUT2D eigenvalue weighted by molar-refractivity contribution is 6.04. The Balaban J connectivity index is 1.85. The molecule has 0 unspecified atom stereocenters. The molecule has 0 saturated heterocycles. The summed E-state index contributed by atoms with van der Waals surface area (Å²) in [5.41, 5.74) is 6.76. The number of pyridine rings is 1. The number of nitrogens with two attached hydrogens (primary N) is 1. The lowest BCUT2D eigenvalue weighted by Gasteiger charge is -2.09. The largest absolute Gasteiger partial charge is 0.366 e. The van der Waals surface area contributed by atoms with Crippen molar-refractivity contribution in [3.63, 3.8) is 0 Å². The highest BCUT2D eigenvalue weighted by Gasteiger charge is 2.18. The van der Waals surface area contributed by atoms with Gasteiger partial charge in [0.15, 0.2) is 17.5 Å². The van der Waals surface area contributed by atoms with Crippen LogP contribution in [0.5, 0.6) is 0 Å². The molecule has 1 aromatic carbocycles. The van der Waals surface area contributed by atoms with Gasteiger partial charge in [-0.15, -0.1) is 0 Å². The predicted molar refractivity (Wildman–Crippen MR) is 92.8 cm³/mol. The molecule has 0 radical (unpaired) electrons. The third-order valence-corrected chi connectivity index (χ3v) is 3.77. The first-order valence-corrected chi connectivity index (χ1v) is 7.70. The fourth-order valence-corrected chi connectivity index (χ4v) is 2.39. The first-order valence-electron chi connectivity index (χ1n) is 7.70. The van der Waals surface area contributed by atoms with Crippen LogP contribution in [-0.4, -0.2) is 26.8 Å². The number of primary amides is 1. The lowest BCUT2D eigenvalue weighted by molar-refractivity contribution is 0.0996. The maximum atomic E-state index is 13.6. The fraction of sp³-hybridized carbons (Fsp3) is 0.0556. The van der Waals surface area contributed by atoms with Gasteiger partial charge in [0.1, 0.15) is 5.56 Å². The molecule has 0 atom stereocenters. The zero-order valence-corrected chi connectivity index (χ0v) is 14.0. The van der Waals surface area contributed by atoms with Crippen molar-refractivity contribution in [2.75, 3.05) is 5.32 Å². The number of hydrogen-bond acceptors (Lipinski definition) is 5. The third-order valence-electron chi connectivity index (χ3n) is 3.77. The number of halogens is 2. The molecule has 0 bridgehead atoms. The van der Waals surface area contributed by atoms with Crippen LogP contribution < -0.4 is 11.1 Å². The van der Waals surface area contributed by atoms with E-state index < -0.39 is 29.0 Å². The first-order chi connectivity index (χ1) is 12.9.